The van der Waals surface area contributed by atoms with Gasteiger partial charge in [-0.15, -0.1) is 0 Å². The van der Waals surface area contributed by atoms with Gasteiger partial charge in [0.1, 0.15) is 0 Å². The number of allylic oxidation sites excluding steroid dienone is 3. The lowest BCUT2D eigenvalue weighted by Gasteiger charge is -2.29. The molecular formula is C29H40O4. The van der Waals surface area contributed by atoms with E-state index in [0.29, 0.717) is 17.8 Å². The normalized spacial score (nSPS) is 29.4. The van der Waals surface area contributed by atoms with Crippen LogP contribution in [0.25, 0.3) is 0 Å². The summed E-state index contributed by atoms with van der Waals surface area (Å²) in [6.07, 6.45) is 18.3. The number of unbranched alkanes of at least 4 members (excludes halogenated alkanes) is 1. The molecule has 4 rings (SSSR count). The van der Waals surface area contributed by atoms with Crippen molar-refractivity contribution in [3.8, 4) is 0 Å². The van der Waals surface area contributed by atoms with Gasteiger partial charge in [-0.3, -0.25) is 4.79 Å². The first kappa shape index (κ1) is 24.2. The zero-order valence-corrected chi connectivity index (χ0v) is 20.1. The Bertz CT molecular complexity index is 836. The minimum absolute atomic E-state index is 0.0368. The lowest BCUT2D eigenvalue weighted by atomic mass is 9.88. The van der Waals surface area contributed by atoms with Crippen LogP contribution in [0.2, 0.25) is 0 Å². The Labute approximate surface area is 199 Å². The number of aryl methyl sites for hydroxylation is 2. The molecule has 2 fully saturated rings. The van der Waals surface area contributed by atoms with Crippen molar-refractivity contribution in [2.75, 3.05) is 6.61 Å². The van der Waals surface area contributed by atoms with Crippen LogP contribution in [0.3, 0.4) is 0 Å². The van der Waals surface area contributed by atoms with Crippen molar-refractivity contribution in [2.24, 2.45) is 17.8 Å². The van der Waals surface area contributed by atoms with Crippen molar-refractivity contribution in [3.05, 3.63) is 59.2 Å². The highest BCUT2D eigenvalue weighted by molar-refractivity contribution is 5.66. The first-order valence-corrected chi connectivity index (χ1v) is 13.0. The van der Waals surface area contributed by atoms with Crippen molar-refractivity contribution in [1.82, 2.24) is 0 Å². The molecule has 33 heavy (non-hydrogen) atoms. The van der Waals surface area contributed by atoms with Crippen molar-refractivity contribution in [2.45, 2.75) is 89.9 Å². The van der Waals surface area contributed by atoms with E-state index in [1.807, 2.05) is 0 Å². The van der Waals surface area contributed by atoms with Gasteiger partial charge in [0.05, 0.1) is 6.10 Å². The summed E-state index contributed by atoms with van der Waals surface area (Å²) in [6, 6.07) is 8.80. The summed E-state index contributed by atoms with van der Waals surface area (Å²) in [6.45, 7) is 2.97. The Kier molecular flexibility index (Phi) is 8.80. The third-order valence-electron chi connectivity index (χ3n) is 7.57. The van der Waals surface area contributed by atoms with Gasteiger partial charge in [0.2, 0.25) is 0 Å². The number of rotatable bonds is 11. The molecule has 1 unspecified atom stereocenters. The number of carboxylic acid groups (broad SMARTS) is 1. The Morgan fingerprint density at radius 2 is 2.15 bits per heavy atom. The Morgan fingerprint density at radius 3 is 2.94 bits per heavy atom. The molecule has 4 heteroatoms. The van der Waals surface area contributed by atoms with Gasteiger partial charge in [0.15, 0.2) is 6.29 Å². The molecule has 1 aromatic carbocycles. The Morgan fingerprint density at radius 1 is 1.24 bits per heavy atom. The van der Waals surface area contributed by atoms with Crippen molar-refractivity contribution < 1.29 is 19.4 Å². The number of aliphatic carboxylic acids is 1. The average molecular weight is 453 g/mol. The summed E-state index contributed by atoms with van der Waals surface area (Å²) in [5.41, 5.74) is 4.25. The number of ether oxygens (including phenoxy) is 2. The number of fused-ring (bicyclic) bond motifs is 1. The summed E-state index contributed by atoms with van der Waals surface area (Å²) < 4.78 is 12.4. The van der Waals surface area contributed by atoms with E-state index in [-0.39, 0.29) is 18.8 Å². The topological polar surface area (TPSA) is 55.8 Å². The number of hydrogen-bond donors (Lipinski definition) is 1. The number of carboxylic acids is 1. The molecule has 0 radical (unpaired) electrons. The van der Waals surface area contributed by atoms with Gasteiger partial charge in [0.25, 0.3) is 0 Å². The fourth-order valence-electron chi connectivity index (χ4n) is 5.93. The Hall–Kier alpha value is -1.91. The quantitative estimate of drug-likeness (QED) is 0.303. The summed E-state index contributed by atoms with van der Waals surface area (Å²) in [5.74, 6) is 0.946. The maximum Gasteiger partial charge on any atom is 0.303 e. The molecule has 1 aromatic rings. The van der Waals surface area contributed by atoms with Gasteiger partial charge in [-0.05, 0) is 88.5 Å². The average Bonchev–Trinajstić information content (AvgIpc) is 3.32. The molecule has 0 spiro atoms. The minimum atomic E-state index is -0.687. The molecule has 1 aliphatic heterocycles. The van der Waals surface area contributed by atoms with Gasteiger partial charge in [0, 0.05) is 18.9 Å². The number of hydrogen-bond acceptors (Lipinski definition) is 3. The predicted molar refractivity (Wildman–Crippen MR) is 131 cm³/mol. The van der Waals surface area contributed by atoms with Crippen LogP contribution in [0.5, 0.6) is 0 Å². The summed E-state index contributed by atoms with van der Waals surface area (Å²) in [5, 5.41) is 8.88. The second kappa shape index (κ2) is 12.0. The van der Waals surface area contributed by atoms with E-state index in [1.165, 1.54) is 23.1 Å². The molecule has 2 aliphatic carbocycles. The third-order valence-corrected chi connectivity index (χ3v) is 7.57. The first-order valence-electron chi connectivity index (χ1n) is 13.0. The highest BCUT2D eigenvalue weighted by atomic mass is 16.7. The maximum atomic E-state index is 10.8. The largest absolute Gasteiger partial charge is 0.481 e. The SMILES string of the molecule is Cc1cccc(CC/C=C/[C@@H]2[C@H]3CC(CCCCC(=O)O)=C[C@H]3C[C@H]2OC2CCCCO2)c1. The van der Waals surface area contributed by atoms with Crippen LogP contribution in [0.1, 0.15) is 75.3 Å². The number of benzene rings is 1. The number of carbonyl (C=O) groups is 1. The van der Waals surface area contributed by atoms with Crippen molar-refractivity contribution >= 4 is 5.97 Å². The molecule has 4 nitrogen and oxygen atoms in total. The molecular weight excluding hydrogens is 412 g/mol. The van der Waals surface area contributed by atoms with Crippen LogP contribution in [0.15, 0.2) is 48.1 Å². The molecule has 1 heterocycles. The van der Waals surface area contributed by atoms with E-state index in [0.717, 1.165) is 64.4 Å². The smallest absolute Gasteiger partial charge is 0.303 e. The molecule has 3 aliphatic rings. The fraction of sp³-hybridized carbons (Fsp3) is 0.621. The molecule has 0 amide bonds. The van der Waals surface area contributed by atoms with E-state index in [9.17, 15) is 4.79 Å². The van der Waals surface area contributed by atoms with Crippen LogP contribution >= 0.6 is 0 Å². The highest BCUT2D eigenvalue weighted by Crippen LogP contribution is 2.49. The van der Waals surface area contributed by atoms with Crippen molar-refractivity contribution in [3.63, 3.8) is 0 Å². The summed E-state index contributed by atoms with van der Waals surface area (Å²) in [4.78, 5) is 10.8. The van der Waals surface area contributed by atoms with Crippen LogP contribution in [-0.4, -0.2) is 30.1 Å². The lowest BCUT2D eigenvalue weighted by molar-refractivity contribution is -0.192. The van der Waals surface area contributed by atoms with Gasteiger partial charge in [-0.25, -0.2) is 0 Å². The van der Waals surface area contributed by atoms with Crippen LogP contribution in [-0.2, 0) is 20.7 Å². The van der Waals surface area contributed by atoms with E-state index in [1.54, 1.807) is 0 Å². The standard InChI is InChI=1S/C29H40O4/c1-21-9-8-12-22(17-21)10-2-4-13-25-26-19-23(11-3-5-14-28(30)31)18-24(26)20-27(25)33-29-15-6-7-16-32-29/h4,8-9,12-13,17-18,24-27,29H,2-3,5-7,10-11,14-16,19-20H2,1H3,(H,30,31)/b13-4+/t24-,25+,26-,27+,29?/m0/s1. The van der Waals surface area contributed by atoms with Crippen LogP contribution in [0.4, 0.5) is 0 Å². The monoisotopic (exact) mass is 452 g/mol. The molecule has 0 aromatic heterocycles. The predicted octanol–water partition coefficient (Wildman–Crippen LogP) is 6.62. The van der Waals surface area contributed by atoms with Gasteiger partial charge in [-0.1, -0.05) is 53.6 Å². The van der Waals surface area contributed by atoms with Gasteiger partial charge >= 0.3 is 5.97 Å². The molecule has 0 bridgehead atoms. The van der Waals surface area contributed by atoms with E-state index in [4.69, 9.17) is 14.6 Å². The van der Waals surface area contributed by atoms with Crippen LogP contribution < -0.4 is 0 Å². The lowest BCUT2D eigenvalue weighted by Crippen LogP contribution is -2.30. The van der Waals surface area contributed by atoms with E-state index in [2.05, 4.69) is 49.4 Å². The zero-order chi connectivity index (χ0) is 23.0. The Balaban J connectivity index is 1.35. The van der Waals surface area contributed by atoms with Gasteiger partial charge in [-0.2, -0.15) is 0 Å². The minimum Gasteiger partial charge on any atom is -0.481 e. The third kappa shape index (κ3) is 7.04. The highest BCUT2D eigenvalue weighted by Gasteiger charge is 2.45. The molecule has 1 saturated heterocycles. The fourth-order valence-corrected chi connectivity index (χ4v) is 5.93. The van der Waals surface area contributed by atoms with E-state index < -0.39 is 5.97 Å². The molecule has 1 saturated carbocycles. The molecule has 5 atom stereocenters. The van der Waals surface area contributed by atoms with Crippen molar-refractivity contribution in [1.29, 1.82) is 0 Å². The summed E-state index contributed by atoms with van der Waals surface area (Å²) >= 11 is 0. The van der Waals surface area contributed by atoms with Crippen LogP contribution in [0, 0.1) is 24.7 Å². The zero-order valence-electron chi connectivity index (χ0n) is 20.1. The first-order chi connectivity index (χ1) is 16.1. The van der Waals surface area contributed by atoms with E-state index >= 15 is 0 Å². The summed E-state index contributed by atoms with van der Waals surface area (Å²) in [7, 11) is 0. The molecule has 1 N–H and O–H groups in total. The second-order valence-corrected chi connectivity index (χ2v) is 10.2. The maximum absolute atomic E-state index is 10.8. The van der Waals surface area contributed by atoms with Gasteiger partial charge < -0.3 is 14.6 Å². The second-order valence-electron chi connectivity index (χ2n) is 10.2. The molecule has 180 valence electrons.